The molecular formula is C19H27F2N3O. The molecule has 0 aliphatic carbocycles. The van der Waals surface area contributed by atoms with Crippen LogP contribution in [-0.2, 0) is 4.79 Å². The topological polar surface area (TPSA) is 35.6 Å². The van der Waals surface area contributed by atoms with E-state index in [4.69, 9.17) is 0 Å². The number of hydrogen-bond donors (Lipinski definition) is 1. The SMILES string of the molecule is CC(CC(=O)N1CCN(c2cc(F)ccc2F)CC1)C1CCNCC1. The number of anilines is 1. The van der Waals surface area contributed by atoms with Gasteiger partial charge < -0.3 is 15.1 Å². The van der Waals surface area contributed by atoms with Crippen molar-refractivity contribution in [3.63, 3.8) is 0 Å². The number of carbonyl (C=O) groups excluding carboxylic acids is 1. The number of piperazine rings is 1. The van der Waals surface area contributed by atoms with Gasteiger partial charge in [0.05, 0.1) is 5.69 Å². The fourth-order valence-corrected chi connectivity index (χ4v) is 3.91. The smallest absolute Gasteiger partial charge is 0.222 e. The summed E-state index contributed by atoms with van der Waals surface area (Å²) < 4.78 is 27.3. The van der Waals surface area contributed by atoms with Gasteiger partial charge in [-0.25, -0.2) is 8.78 Å². The Morgan fingerprint density at radius 3 is 2.56 bits per heavy atom. The Labute approximate surface area is 148 Å². The summed E-state index contributed by atoms with van der Waals surface area (Å²) >= 11 is 0. The predicted molar refractivity (Wildman–Crippen MR) is 94.5 cm³/mol. The molecule has 0 saturated carbocycles. The predicted octanol–water partition coefficient (Wildman–Crippen LogP) is 2.64. The van der Waals surface area contributed by atoms with E-state index < -0.39 is 11.6 Å². The van der Waals surface area contributed by atoms with E-state index in [2.05, 4.69) is 12.2 Å². The number of benzene rings is 1. The van der Waals surface area contributed by atoms with Gasteiger partial charge in [-0.3, -0.25) is 4.79 Å². The second kappa shape index (κ2) is 8.13. The third-order valence-electron chi connectivity index (χ3n) is 5.57. The lowest BCUT2D eigenvalue weighted by molar-refractivity contribution is -0.132. The normalized spacial score (nSPS) is 20.6. The summed E-state index contributed by atoms with van der Waals surface area (Å²) in [6, 6.07) is 3.51. The van der Waals surface area contributed by atoms with Crippen molar-refractivity contribution in [3.05, 3.63) is 29.8 Å². The molecule has 2 aliphatic heterocycles. The summed E-state index contributed by atoms with van der Waals surface area (Å²) in [6.45, 7) is 6.46. The van der Waals surface area contributed by atoms with Crippen molar-refractivity contribution in [2.45, 2.75) is 26.2 Å². The minimum absolute atomic E-state index is 0.186. The van der Waals surface area contributed by atoms with Crippen LogP contribution in [0.25, 0.3) is 0 Å². The molecule has 0 aromatic heterocycles. The first-order valence-corrected chi connectivity index (χ1v) is 9.23. The molecule has 1 aromatic carbocycles. The van der Waals surface area contributed by atoms with E-state index in [1.165, 1.54) is 6.07 Å². The van der Waals surface area contributed by atoms with E-state index in [0.29, 0.717) is 44.4 Å². The maximum atomic E-state index is 13.9. The molecule has 1 unspecified atom stereocenters. The third-order valence-corrected chi connectivity index (χ3v) is 5.57. The van der Waals surface area contributed by atoms with Crippen LogP contribution in [0.4, 0.5) is 14.5 Å². The average Bonchev–Trinajstić information content (AvgIpc) is 2.64. The molecule has 1 aromatic rings. The number of halogens is 2. The number of amides is 1. The lowest BCUT2D eigenvalue weighted by Gasteiger charge is -2.37. The molecule has 2 fully saturated rings. The van der Waals surface area contributed by atoms with Crippen molar-refractivity contribution < 1.29 is 13.6 Å². The highest BCUT2D eigenvalue weighted by Gasteiger charge is 2.27. The van der Waals surface area contributed by atoms with Gasteiger partial charge in [-0.1, -0.05) is 6.92 Å². The van der Waals surface area contributed by atoms with Crippen LogP contribution in [0.2, 0.25) is 0 Å². The second-order valence-corrected chi connectivity index (χ2v) is 7.23. The van der Waals surface area contributed by atoms with Gasteiger partial charge in [-0.2, -0.15) is 0 Å². The van der Waals surface area contributed by atoms with Gasteiger partial charge in [-0.15, -0.1) is 0 Å². The molecule has 138 valence electrons. The maximum Gasteiger partial charge on any atom is 0.222 e. The Balaban J connectivity index is 1.51. The molecule has 0 bridgehead atoms. The monoisotopic (exact) mass is 351 g/mol. The molecule has 2 aliphatic rings. The first-order chi connectivity index (χ1) is 12.0. The second-order valence-electron chi connectivity index (χ2n) is 7.23. The van der Waals surface area contributed by atoms with E-state index in [-0.39, 0.29) is 11.6 Å². The molecule has 2 saturated heterocycles. The van der Waals surface area contributed by atoms with Gasteiger partial charge in [0.25, 0.3) is 0 Å². The molecule has 1 N–H and O–H groups in total. The van der Waals surface area contributed by atoms with Crippen molar-refractivity contribution >= 4 is 11.6 Å². The van der Waals surface area contributed by atoms with Crippen molar-refractivity contribution in [2.24, 2.45) is 11.8 Å². The lowest BCUT2D eigenvalue weighted by atomic mass is 9.84. The lowest BCUT2D eigenvalue weighted by Crippen LogP contribution is -2.49. The van der Waals surface area contributed by atoms with Crippen LogP contribution in [0.15, 0.2) is 18.2 Å². The standard InChI is InChI=1S/C19H27F2N3O/c1-14(15-4-6-22-7-5-15)12-19(25)24-10-8-23(9-11-24)18-13-16(20)2-3-17(18)21/h2-3,13-15,22H,4-12H2,1H3. The molecule has 3 rings (SSSR count). The van der Waals surface area contributed by atoms with Gasteiger partial charge in [-0.05, 0) is 49.9 Å². The van der Waals surface area contributed by atoms with Gasteiger partial charge >= 0.3 is 0 Å². The fourth-order valence-electron chi connectivity index (χ4n) is 3.91. The van der Waals surface area contributed by atoms with Crippen LogP contribution in [0, 0.1) is 23.5 Å². The number of nitrogens with one attached hydrogen (secondary N) is 1. The van der Waals surface area contributed by atoms with E-state index in [1.54, 1.807) is 0 Å². The molecule has 0 radical (unpaired) electrons. The number of nitrogens with zero attached hydrogens (tertiary/aromatic N) is 2. The van der Waals surface area contributed by atoms with Gasteiger partial charge in [0.1, 0.15) is 11.6 Å². The molecule has 6 heteroatoms. The highest BCUT2D eigenvalue weighted by Crippen LogP contribution is 2.26. The highest BCUT2D eigenvalue weighted by atomic mass is 19.1. The average molecular weight is 351 g/mol. The third kappa shape index (κ3) is 4.48. The van der Waals surface area contributed by atoms with Crippen molar-refractivity contribution in [3.8, 4) is 0 Å². The summed E-state index contributed by atoms with van der Waals surface area (Å²) in [7, 11) is 0. The van der Waals surface area contributed by atoms with E-state index in [1.807, 2.05) is 9.80 Å². The summed E-state index contributed by atoms with van der Waals surface area (Å²) in [5.41, 5.74) is 0.287. The zero-order chi connectivity index (χ0) is 17.8. The summed E-state index contributed by atoms with van der Waals surface area (Å²) in [4.78, 5) is 16.3. The Kier molecular flexibility index (Phi) is 5.89. The van der Waals surface area contributed by atoms with Gasteiger partial charge in [0, 0.05) is 38.7 Å². The Morgan fingerprint density at radius 1 is 1.20 bits per heavy atom. The van der Waals surface area contributed by atoms with Crippen LogP contribution >= 0.6 is 0 Å². The minimum Gasteiger partial charge on any atom is -0.366 e. The van der Waals surface area contributed by atoms with E-state index >= 15 is 0 Å². The zero-order valence-corrected chi connectivity index (χ0v) is 14.8. The van der Waals surface area contributed by atoms with Crippen LogP contribution < -0.4 is 10.2 Å². The van der Waals surface area contributed by atoms with E-state index in [9.17, 15) is 13.6 Å². The van der Waals surface area contributed by atoms with E-state index in [0.717, 1.165) is 38.1 Å². The number of piperidine rings is 1. The van der Waals surface area contributed by atoms with Gasteiger partial charge in [0.2, 0.25) is 5.91 Å². The highest BCUT2D eigenvalue weighted by molar-refractivity contribution is 5.76. The molecule has 25 heavy (non-hydrogen) atoms. The largest absolute Gasteiger partial charge is 0.366 e. The number of rotatable bonds is 4. The van der Waals surface area contributed by atoms with Crippen LogP contribution in [0.1, 0.15) is 26.2 Å². The molecule has 1 atom stereocenters. The van der Waals surface area contributed by atoms with Gasteiger partial charge in [0.15, 0.2) is 0 Å². The van der Waals surface area contributed by atoms with Crippen LogP contribution in [-0.4, -0.2) is 50.1 Å². The fraction of sp³-hybridized carbons (Fsp3) is 0.632. The zero-order valence-electron chi connectivity index (χ0n) is 14.8. The maximum absolute atomic E-state index is 13.9. The Bertz CT molecular complexity index is 596. The quantitative estimate of drug-likeness (QED) is 0.906. The summed E-state index contributed by atoms with van der Waals surface area (Å²) in [5, 5.41) is 3.36. The Morgan fingerprint density at radius 2 is 1.88 bits per heavy atom. The molecule has 2 heterocycles. The van der Waals surface area contributed by atoms with Crippen molar-refractivity contribution in [1.29, 1.82) is 0 Å². The first kappa shape index (κ1) is 18.1. The summed E-state index contributed by atoms with van der Waals surface area (Å²) in [5.74, 6) is 0.345. The van der Waals surface area contributed by atoms with Crippen molar-refractivity contribution in [1.82, 2.24) is 10.2 Å². The Hall–Kier alpha value is -1.69. The molecule has 1 amide bonds. The van der Waals surface area contributed by atoms with Crippen LogP contribution in [0.3, 0.4) is 0 Å². The number of carbonyl (C=O) groups is 1. The molecule has 4 nitrogen and oxygen atoms in total. The molecule has 0 spiro atoms. The summed E-state index contributed by atoms with van der Waals surface area (Å²) in [6.07, 6.45) is 2.86. The van der Waals surface area contributed by atoms with Crippen LogP contribution in [0.5, 0.6) is 0 Å². The minimum atomic E-state index is -0.439. The van der Waals surface area contributed by atoms with Crippen molar-refractivity contribution in [2.75, 3.05) is 44.2 Å². The molecular weight excluding hydrogens is 324 g/mol. The number of hydrogen-bond acceptors (Lipinski definition) is 3. The first-order valence-electron chi connectivity index (χ1n) is 9.23.